The van der Waals surface area contributed by atoms with Crippen molar-refractivity contribution >= 4 is 5.91 Å². The van der Waals surface area contributed by atoms with Crippen LogP contribution in [0.15, 0.2) is 18.2 Å². The molecule has 0 heterocycles. The van der Waals surface area contributed by atoms with Gasteiger partial charge >= 0.3 is 0 Å². The number of phenolic OH excluding ortho intramolecular Hbond substituents is 2. The van der Waals surface area contributed by atoms with Crippen molar-refractivity contribution in [3.05, 3.63) is 23.8 Å². The van der Waals surface area contributed by atoms with Crippen LogP contribution in [0.1, 0.15) is 43.5 Å². The third kappa shape index (κ3) is 3.66. The first-order chi connectivity index (χ1) is 8.08. The van der Waals surface area contributed by atoms with Crippen LogP contribution in [0.5, 0.6) is 11.5 Å². The second-order valence-electron chi connectivity index (χ2n) is 4.07. The summed E-state index contributed by atoms with van der Waals surface area (Å²) < 4.78 is 0. The van der Waals surface area contributed by atoms with Crippen LogP contribution in [-0.4, -0.2) is 22.2 Å². The average molecular weight is 237 g/mol. The van der Waals surface area contributed by atoms with E-state index in [0.717, 1.165) is 19.3 Å². The third-order valence-corrected chi connectivity index (χ3v) is 2.69. The Morgan fingerprint density at radius 2 is 2.06 bits per heavy atom. The normalized spacial score (nSPS) is 12.1. The van der Waals surface area contributed by atoms with E-state index in [-0.39, 0.29) is 29.0 Å². The van der Waals surface area contributed by atoms with E-state index in [1.54, 1.807) is 0 Å². The van der Waals surface area contributed by atoms with Gasteiger partial charge in [-0.25, -0.2) is 0 Å². The summed E-state index contributed by atoms with van der Waals surface area (Å²) in [5, 5.41) is 21.7. The second-order valence-corrected chi connectivity index (χ2v) is 4.07. The number of carbonyl (C=O) groups excluding carboxylic acids is 1. The zero-order valence-electron chi connectivity index (χ0n) is 10.2. The number of phenols is 2. The van der Waals surface area contributed by atoms with Crippen LogP contribution in [0.2, 0.25) is 0 Å². The highest BCUT2D eigenvalue weighted by atomic mass is 16.3. The maximum Gasteiger partial charge on any atom is 0.255 e. The van der Waals surface area contributed by atoms with Crippen LogP contribution in [0.3, 0.4) is 0 Å². The molecule has 0 aliphatic heterocycles. The van der Waals surface area contributed by atoms with Gasteiger partial charge in [-0.05, 0) is 31.0 Å². The predicted octanol–water partition coefficient (Wildman–Crippen LogP) is 2.41. The van der Waals surface area contributed by atoms with Crippen molar-refractivity contribution in [3.63, 3.8) is 0 Å². The molecule has 1 aromatic rings. The minimum atomic E-state index is -0.348. The maximum absolute atomic E-state index is 11.9. The summed E-state index contributed by atoms with van der Waals surface area (Å²) in [4.78, 5) is 11.9. The van der Waals surface area contributed by atoms with Crippen LogP contribution in [0.4, 0.5) is 0 Å². The molecule has 17 heavy (non-hydrogen) atoms. The predicted molar refractivity (Wildman–Crippen MR) is 66.2 cm³/mol. The van der Waals surface area contributed by atoms with E-state index in [1.807, 2.05) is 6.92 Å². The smallest absolute Gasteiger partial charge is 0.255 e. The lowest BCUT2D eigenvalue weighted by Crippen LogP contribution is -2.34. The van der Waals surface area contributed by atoms with Gasteiger partial charge in [0, 0.05) is 6.04 Å². The minimum Gasteiger partial charge on any atom is -0.508 e. The molecule has 1 amide bonds. The Bertz CT molecular complexity index is 390. The summed E-state index contributed by atoms with van der Waals surface area (Å²) in [6, 6.07) is 4.03. The largest absolute Gasteiger partial charge is 0.508 e. The van der Waals surface area contributed by atoms with Gasteiger partial charge in [-0.3, -0.25) is 4.79 Å². The fourth-order valence-electron chi connectivity index (χ4n) is 1.70. The molecular weight excluding hydrogens is 218 g/mol. The first-order valence-corrected chi connectivity index (χ1v) is 5.91. The summed E-state index contributed by atoms with van der Waals surface area (Å²) >= 11 is 0. The van der Waals surface area contributed by atoms with Gasteiger partial charge in [0.2, 0.25) is 0 Å². The number of nitrogens with one attached hydrogen (secondary N) is 1. The first kappa shape index (κ1) is 13.4. The van der Waals surface area contributed by atoms with Crippen LogP contribution in [0.25, 0.3) is 0 Å². The van der Waals surface area contributed by atoms with Gasteiger partial charge in [0.05, 0.1) is 5.56 Å². The lowest BCUT2D eigenvalue weighted by atomic mass is 10.1. The molecule has 0 spiro atoms. The van der Waals surface area contributed by atoms with E-state index >= 15 is 0 Å². The second kappa shape index (κ2) is 6.13. The molecule has 3 N–H and O–H groups in total. The maximum atomic E-state index is 11.9. The molecule has 0 saturated heterocycles. The summed E-state index contributed by atoms with van der Waals surface area (Å²) in [7, 11) is 0. The molecule has 4 nitrogen and oxygen atoms in total. The molecule has 94 valence electrons. The fraction of sp³-hybridized carbons (Fsp3) is 0.462. The molecule has 0 aliphatic carbocycles. The van der Waals surface area contributed by atoms with Crippen molar-refractivity contribution in [2.45, 2.75) is 39.2 Å². The van der Waals surface area contributed by atoms with Gasteiger partial charge in [-0.15, -0.1) is 0 Å². The highest BCUT2D eigenvalue weighted by Gasteiger charge is 2.15. The molecule has 0 fully saturated rings. The highest BCUT2D eigenvalue weighted by molar-refractivity contribution is 5.97. The SMILES string of the molecule is CCCC(CC)NC(=O)c1cc(O)ccc1O. The zero-order valence-corrected chi connectivity index (χ0v) is 10.2. The van der Waals surface area contributed by atoms with Crippen LogP contribution in [-0.2, 0) is 0 Å². The van der Waals surface area contributed by atoms with Crippen LogP contribution < -0.4 is 5.32 Å². The molecule has 1 unspecified atom stereocenters. The minimum absolute atomic E-state index is 0.0310. The first-order valence-electron chi connectivity index (χ1n) is 5.91. The standard InChI is InChI=1S/C13H19NO3/c1-3-5-9(4-2)14-13(17)11-8-10(15)6-7-12(11)16/h6-9,15-16H,3-5H2,1-2H3,(H,14,17). The summed E-state index contributed by atoms with van der Waals surface area (Å²) in [6.07, 6.45) is 2.74. The lowest BCUT2D eigenvalue weighted by molar-refractivity contribution is 0.0930. The third-order valence-electron chi connectivity index (χ3n) is 2.69. The molecule has 1 atom stereocenters. The quantitative estimate of drug-likeness (QED) is 0.689. The Morgan fingerprint density at radius 1 is 1.35 bits per heavy atom. The number of rotatable bonds is 5. The van der Waals surface area contributed by atoms with Crippen LogP contribution in [0, 0.1) is 0 Å². The van der Waals surface area contributed by atoms with Gasteiger partial charge < -0.3 is 15.5 Å². The summed E-state index contributed by atoms with van der Waals surface area (Å²) in [6.45, 7) is 4.06. The van der Waals surface area contributed by atoms with Crippen molar-refractivity contribution in [2.75, 3.05) is 0 Å². The Hall–Kier alpha value is -1.71. The Labute approximate surface area is 101 Å². The van der Waals surface area contributed by atoms with E-state index in [0.29, 0.717) is 0 Å². The number of aromatic hydroxyl groups is 2. The van der Waals surface area contributed by atoms with E-state index in [4.69, 9.17) is 0 Å². The molecule has 1 aromatic carbocycles. The summed E-state index contributed by atoms with van der Waals surface area (Å²) in [5.41, 5.74) is 0.111. The average Bonchev–Trinajstić information content (AvgIpc) is 2.31. The Morgan fingerprint density at radius 3 is 2.65 bits per heavy atom. The van der Waals surface area contributed by atoms with Gasteiger partial charge in [-0.1, -0.05) is 20.3 Å². The van der Waals surface area contributed by atoms with Crippen molar-refractivity contribution in [2.24, 2.45) is 0 Å². The van der Waals surface area contributed by atoms with E-state index < -0.39 is 0 Å². The van der Waals surface area contributed by atoms with Gasteiger partial charge in [0.25, 0.3) is 5.91 Å². The lowest BCUT2D eigenvalue weighted by Gasteiger charge is -2.16. The van der Waals surface area contributed by atoms with Gasteiger partial charge in [-0.2, -0.15) is 0 Å². The Kier molecular flexibility index (Phi) is 4.82. The molecule has 0 bridgehead atoms. The van der Waals surface area contributed by atoms with E-state index in [9.17, 15) is 15.0 Å². The number of amides is 1. The Balaban J connectivity index is 2.78. The number of hydrogen-bond acceptors (Lipinski definition) is 3. The number of carbonyl (C=O) groups is 1. The highest BCUT2D eigenvalue weighted by Crippen LogP contribution is 2.22. The fourth-order valence-corrected chi connectivity index (χ4v) is 1.70. The van der Waals surface area contributed by atoms with Gasteiger partial charge in [0.1, 0.15) is 11.5 Å². The summed E-state index contributed by atoms with van der Waals surface area (Å²) in [5.74, 6) is -0.498. The molecule has 4 heteroatoms. The monoisotopic (exact) mass is 237 g/mol. The topological polar surface area (TPSA) is 69.6 Å². The molecule has 1 rings (SSSR count). The van der Waals surface area contributed by atoms with E-state index in [2.05, 4.69) is 12.2 Å². The van der Waals surface area contributed by atoms with Crippen LogP contribution >= 0.6 is 0 Å². The molecule has 0 saturated carbocycles. The molecule has 0 aliphatic rings. The van der Waals surface area contributed by atoms with Crippen molar-refractivity contribution in [3.8, 4) is 11.5 Å². The zero-order chi connectivity index (χ0) is 12.8. The van der Waals surface area contributed by atoms with Crippen molar-refractivity contribution in [1.82, 2.24) is 5.32 Å². The molecular formula is C13H19NO3. The molecule has 0 radical (unpaired) electrons. The van der Waals surface area contributed by atoms with Gasteiger partial charge in [0.15, 0.2) is 0 Å². The number of hydrogen-bond donors (Lipinski definition) is 3. The molecule has 0 aromatic heterocycles. The number of benzene rings is 1. The van der Waals surface area contributed by atoms with Crippen molar-refractivity contribution < 1.29 is 15.0 Å². The van der Waals surface area contributed by atoms with E-state index in [1.165, 1.54) is 18.2 Å². The van der Waals surface area contributed by atoms with Crippen molar-refractivity contribution in [1.29, 1.82) is 0 Å².